The summed E-state index contributed by atoms with van der Waals surface area (Å²) in [6.07, 6.45) is 1.92. The molecule has 0 unspecified atom stereocenters. The Morgan fingerprint density at radius 3 is 2.79 bits per heavy atom. The average molecular weight is 282 g/mol. The maximum Gasteiger partial charge on any atom is 0.243 e. The number of anilines is 1. The lowest BCUT2D eigenvalue weighted by Crippen LogP contribution is -2.30. The van der Waals surface area contributed by atoms with E-state index in [0.717, 1.165) is 25.1 Å². The minimum Gasteiger partial charge on any atom is -0.490 e. The average Bonchev–Trinajstić information content (AvgIpc) is 3.22. The fourth-order valence-electron chi connectivity index (χ4n) is 2.30. The van der Waals surface area contributed by atoms with Gasteiger partial charge in [0.2, 0.25) is 10.0 Å². The first-order valence-electron chi connectivity index (χ1n) is 6.46. The van der Waals surface area contributed by atoms with E-state index in [0.29, 0.717) is 17.3 Å². The van der Waals surface area contributed by atoms with Crippen molar-refractivity contribution >= 4 is 15.7 Å². The van der Waals surface area contributed by atoms with Gasteiger partial charge in [0.15, 0.2) is 0 Å². The molecule has 1 aliphatic heterocycles. The van der Waals surface area contributed by atoms with E-state index in [4.69, 9.17) is 4.74 Å². The van der Waals surface area contributed by atoms with Crippen LogP contribution in [0.15, 0.2) is 23.1 Å². The van der Waals surface area contributed by atoms with E-state index in [1.165, 1.54) is 4.31 Å². The van der Waals surface area contributed by atoms with Crippen molar-refractivity contribution < 1.29 is 13.2 Å². The molecule has 1 aromatic rings. The Labute approximate surface area is 113 Å². The van der Waals surface area contributed by atoms with E-state index in [9.17, 15) is 8.42 Å². The number of likely N-dealkylation sites (N-methyl/N-ethyl adjacent to an activating group) is 1. The van der Waals surface area contributed by atoms with Crippen molar-refractivity contribution in [2.75, 3.05) is 32.1 Å². The molecule has 1 heterocycles. The lowest BCUT2D eigenvalue weighted by molar-refractivity contribution is 0.310. The Hall–Kier alpha value is -1.27. The van der Waals surface area contributed by atoms with Gasteiger partial charge in [-0.2, -0.15) is 4.31 Å². The van der Waals surface area contributed by atoms with Gasteiger partial charge in [0.25, 0.3) is 0 Å². The normalized spacial score (nSPS) is 19.2. The standard InChI is InChI=1S/C13H18N2O3S/c1-14-7-8-18-13-9-11(5-6-12(13)14)19(16,17)15(2)10-3-4-10/h5-6,9-10H,3-4,7-8H2,1-2H3. The summed E-state index contributed by atoms with van der Waals surface area (Å²) in [5.41, 5.74) is 0.944. The number of nitrogens with zero attached hydrogens (tertiary/aromatic N) is 2. The quantitative estimate of drug-likeness (QED) is 0.838. The predicted molar refractivity (Wildman–Crippen MR) is 73.2 cm³/mol. The zero-order valence-electron chi connectivity index (χ0n) is 11.2. The number of sulfonamides is 1. The smallest absolute Gasteiger partial charge is 0.243 e. The van der Waals surface area contributed by atoms with Crippen LogP contribution in [0.3, 0.4) is 0 Å². The van der Waals surface area contributed by atoms with Crippen LogP contribution in [0.5, 0.6) is 5.75 Å². The number of fused-ring (bicyclic) bond motifs is 1. The van der Waals surface area contributed by atoms with Crippen LogP contribution in [0.1, 0.15) is 12.8 Å². The zero-order valence-corrected chi connectivity index (χ0v) is 12.0. The van der Waals surface area contributed by atoms with Crippen molar-refractivity contribution in [3.63, 3.8) is 0 Å². The highest BCUT2D eigenvalue weighted by atomic mass is 32.2. The molecule has 2 aliphatic rings. The van der Waals surface area contributed by atoms with Gasteiger partial charge in [0.05, 0.1) is 17.1 Å². The van der Waals surface area contributed by atoms with Crippen molar-refractivity contribution in [2.24, 2.45) is 0 Å². The van der Waals surface area contributed by atoms with E-state index in [-0.39, 0.29) is 6.04 Å². The van der Waals surface area contributed by atoms with Gasteiger partial charge in [-0.25, -0.2) is 8.42 Å². The van der Waals surface area contributed by atoms with Crippen LogP contribution in [0.2, 0.25) is 0 Å². The Balaban J connectivity index is 1.97. The highest BCUT2D eigenvalue weighted by molar-refractivity contribution is 7.89. The fourth-order valence-corrected chi connectivity index (χ4v) is 3.73. The van der Waals surface area contributed by atoms with Crippen LogP contribution in [-0.2, 0) is 10.0 Å². The van der Waals surface area contributed by atoms with E-state index >= 15 is 0 Å². The van der Waals surface area contributed by atoms with Gasteiger partial charge in [-0.05, 0) is 25.0 Å². The molecule has 0 bridgehead atoms. The maximum atomic E-state index is 12.4. The molecule has 0 radical (unpaired) electrons. The molecule has 5 nitrogen and oxygen atoms in total. The fraction of sp³-hybridized carbons (Fsp3) is 0.538. The lowest BCUT2D eigenvalue weighted by atomic mass is 10.2. The van der Waals surface area contributed by atoms with E-state index in [2.05, 4.69) is 4.90 Å². The number of hydrogen-bond donors (Lipinski definition) is 0. The molecule has 0 amide bonds. The first-order valence-corrected chi connectivity index (χ1v) is 7.90. The predicted octanol–water partition coefficient (Wildman–Crippen LogP) is 1.30. The van der Waals surface area contributed by atoms with E-state index < -0.39 is 10.0 Å². The van der Waals surface area contributed by atoms with Gasteiger partial charge in [-0.15, -0.1) is 0 Å². The summed E-state index contributed by atoms with van der Waals surface area (Å²) in [6, 6.07) is 5.30. The van der Waals surface area contributed by atoms with Gasteiger partial charge in [-0.1, -0.05) is 0 Å². The summed E-state index contributed by atoms with van der Waals surface area (Å²) in [7, 11) is 0.238. The van der Waals surface area contributed by atoms with Crippen LogP contribution in [0.4, 0.5) is 5.69 Å². The Kier molecular flexibility index (Phi) is 2.94. The molecule has 0 aromatic heterocycles. The van der Waals surface area contributed by atoms with Crippen LogP contribution in [0, 0.1) is 0 Å². The second-order valence-corrected chi connectivity index (χ2v) is 7.15. The SMILES string of the molecule is CN1CCOc2cc(S(=O)(=O)N(C)C3CC3)ccc21. The minimum absolute atomic E-state index is 0.171. The third-order valence-corrected chi connectivity index (χ3v) is 5.67. The van der Waals surface area contributed by atoms with E-state index in [1.807, 2.05) is 13.1 Å². The molecule has 19 heavy (non-hydrogen) atoms. The van der Waals surface area contributed by atoms with Crippen LogP contribution in [-0.4, -0.2) is 46.0 Å². The molecule has 1 saturated carbocycles. The highest BCUT2D eigenvalue weighted by Gasteiger charge is 2.35. The maximum absolute atomic E-state index is 12.4. The largest absolute Gasteiger partial charge is 0.490 e. The van der Waals surface area contributed by atoms with Gasteiger partial charge >= 0.3 is 0 Å². The topological polar surface area (TPSA) is 49.9 Å². The summed E-state index contributed by atoms with van der Waals surface area (Å²) < 4.78 is 31.9. The summed E-state index contributed by atoms with van der Waals surface area (Å²) >= 11 is 0. The zero-order chi connectivity index (χ0) is 13.6. The molecule has 0 atom stereocenters. The minimum atomic E-state index is -3.39. The number of rotatable bonds is 3. The molecule has 6 heteroatoms. The molecular weight excluding hydrogens is 264 g/mol. The second kappa shape index (κ2) is 4.38. The third kappa shape index (κ3) is 2.19. The highest BCUT2D eigenvalue weighted by Crippen LogP contribution is 2.35. The number of benzene rings is 1. The number of ether oxygens (including phenoxy) is 1. The van der Waals surface area contributed by atoms with Crippen molar-refractivity contribution in [2.45, 2.75) is 23.8 Å². The summed E-state index contributed by atoms with van der Waals surface area (Å²) in [5.74, 6) is 0.652. The second-order valence-electron chi connectivity index (χ2n) is 5.15. The van der Waals surface area contributed by atoms with Crippen molar-refractivity contribution in [3.05, 3.63) is 18.2 Å². The monoisotopic (exact) mass is 282 g/mol. The van der Waals surface area contributed by atoms with Crippen molar-refractivity contribution in [1.29, 1.82) is 0 Å². The van der Waals surface area contributed by atoms with Gasteiger partial charge < -0.3 is 9.64 Å². The first-order chi connectivity index (χ1) is 9.00. The first kappa shape index (κ1) is 12.7. The summed E-state index contributed by atoms with van der Waals surface area (Å²) in [6.45, 7) is 1.41. The van der Waals surface area contributed by atoms with E-state index in [1.54, 1.807) is 19.2 Å². The van der Waals surface area contributed by atoms with Crippen molar-refractivity contribution in [1.82, 2.24) is 4.31 Å². The molecule has 0 saturated heterocycles. The van der Waals surface area contributed by atoms with Crippen LogP contribution >= 0.6 is 0 Å². The molecular formula is C13H18N2O3S. The summed E-state index contributed by atoms with van der Waals surface area (Å²) in [4.78, 5) is 2.38. The Morgan fingerprint density at radius 2 is 2.11 bits per heavy atom. The van der Waals surface area contributed by atoms with Gasteiger partial charge in [0, 0.05) is 26.2 Å². The summed E-state index contributed by atoms with van der Waals surface area (Å²) in [5, 5.41) is 0. The molecule has 3 rings (SSSR count). The molecule has 0 spiro atoms. The van der Waals surface area contributed by atoms with Crippen molar-refractivity contribution in [3.8, 4) is 5.75 Å². The van der Waals surface area contributed by atoms with Crippen LogP contribution < -0.4 is 9.64 Å². The molecule has 1 fully saturated rings. The molecule has 1 aliphatic carbocycles. The molecule has 0 N–H and O–H groups in total. The lowest BCUT2D eigenvalue weighted by Gasteiger charge is -2.28. The number of hydrogen-bond acceptors (Lipinski definition) is 4. The van der Waals surface area contributed by atoms with Gasteiger partial charge in [-0.3, -0.25) is 0 Å². The van der Waals surface area contributed by atoms with Crippen LogP contribution in [0.25, 0.3) is 0 Å². The Morgan fingerprint density at radius 1 is 1.37 bits per heavy atom. The molecule has 1 aromatic carbocycles. The third-order valence-electron chi connectivity index (χ3n) is 3.76. The van der Waals surface area contributed by atoms with Gasteiger partial charge in [0.1, 0.15) is 12.4 Å². The molecule has 104 valence electrons. The Bertz CT molecular complexity index is 596.